The van der Waals surface area contributed by atoms with E-state index in [1.807, 2.05) is 6.92 Å². The number of carboxylic acid groups (broad SMARTS) is 1. The summed E-state index contributed by atoms with van der Waals surface area (Å²) in [6.07, 6.45) is 0. The van der Waals surface area contributed by atoms with E-state index in [4.69, 9.17) is 5.11 Å². The van der Waals surface area contributed by atoms with Gasteiger partial charge in [0.2, 0.25) is 0 Å². The first-order valence-corrected chi connectivity index (χ1v) is 6.97. The van der Waals surface area contributed by atoms with Crippen LogP contribution in [0.5, 0.6) is 0 Å². The Balaban J connectivity index is 2.57. The van der Waals surface area contributed by atoms with Crippen LogP contribution < -0.4 is 4.31 Å². The highest BCUT2D eigenvalue weighted by Crippen LogP contribution is 2.30. The van der Waals surface area contributed by atoms with Gasteiger partial charge in [-0.15, -0.1) is 0 Å². The molecule has 2 aromatic rings. The number of nitrogens with zero attached hydrogens (tertiary/aromatic N) is 1. The Bertz CT molecular complexity index is 703. The Morgan fingerprint density at radius 1 is 1.19 bits per heavy atom. The number of carbonyl (C=O) groups is 1. The molecule has 0 aliphatic heterocycles. The summed E-state index contributed by atoms with van der Waals surface area (Å²) in [6.45, 7) is 1.84. The number of rotatable bonds is 4. The SMILES string of the molecule is Cc1ccc(N(c2cc(C(=O)O)ccc2F)S(=O)O)cc1. The minimum absolute atomic E-state index is 0.172. The van der Waals surface area contributed by atoms with Gasteiger partial charge in [-0.3, -0.25) is 4.55 Å². The smallest absolute Gasteiger partial charge is 0.335 e. The maximum atomic E-state index is 13.9. The van der Waals surface area contributed by atoms with Crippen LogP contribution in [0.15, 0.2) is 42.5 Å². The normalized spacial score (nSPS) is 12.0. The van der Waals surface area contributed by atoms with Gasteiger partial charge in [-0.25, -0.2) is 17.7 Å². The molecular weight excluding hydrogens is 297 g/mol. The van der Waals surface area contributed by atoms with Crippen LogP contribution in [0, 0.1) is 12.7 Å². The van der Waals surface area contributed by atoms with Gasteiger partial charge in [-0.1, -0.05) is 17.7 Å². The molecule has 0 spiro atoms. The fourth-order valence-electron chi connectivity index (χ4n) is 1.79. The highest BCUT2D eigenvalue weighted by molar-refractivity contribution is 7.81. The molecule has 1 atom stereocenters. The van der Waals surface area contributed by atoms with Crippen LogP contribution in [0.4, 0.5) is 15.8 Å². The first kappa shape index (κ1) is 15.1. The second kappa shape index (κ2) is 6.02. The molecule has 2 rings (SSSR count). The molecule has 0 aliphatic carbocycles. The second-order valence-electron chi connectivity index (χ2n) is 4.33. The lowest BCUT2D eigenvalue weighted by Gasteiger charge is -2.21. The van der Waals surface area contributed by atoms with E-state index in [0.717, 1.165) is 28.1 Å². The average molecular weight is 309 g/mol. The quantitative estimate of drug-likeness (QED) is 0.851. The van der Waals surface area contributed by atoms with Gasteiger partial charge in [0.05, 0.1) is 16.9 Å². The van der Waals surface area contributed by atoms with E-state index in [1.165, 1.54) is 0 Å². The van der Waals surface area contributed by atoms with Gasteiger partial charge < -0.3 is 5.11 Å². The van der Waals surface area contributed by atoms with Crippen LogP contribution in [0.1, 0.15) is 15.9 Å². The molecule has 21 heavy (non-hydrogen) atoms. The van der Waals surface area contributed by atoms with E-state index < -0.39 is 23.1 Å². The zero-order valence-corrected chi connectivity index (χ0v) is 11.8. The predicted molar refractivity (Wildman–Crippen MR) is 77.4 cm³/mol. The van der Waals surface area contributed by atoms with Crippen molar-refractivity contribution in [2.24, 2.45) is 0 Å². The summed E-state index contributed by atoms with van der Waals surface area (Å²) < 4.78 is 35.7. The molecule has 0 saturated heterocycles. The van der Waals surface area contributed by atoms with Crippen molar-refractivity contribution in [3.05, 3.63) is 59.4 Å². The Hall–Kier alpha value is -2.25. The van der Waals surface area contributed by atoms with E-state index in [9.17, 15) is 17.9 Å². The average Bonchev–Trinajstić information content (AvgIpc) is 2.42. The van der Waals surface area contributed by atoms with Crippen LogP contribution >= 0.6 is 0 Å². The van der Waals surface area contributed by atoms with E-state index in [2.05, 4.69) is 0 Å². The van der Waals surface area contributed by atoms with Gasteiger partial charge in [-0.05, 0) is 37.3 Å². The van der Waals surface area contributed by atoms with Gasteiger partial charge in [0.15, 0.2) is 0 Å². The second-order valence-corrected chi connectivity index (χ2v) is 5.16. The lowest BCUT2D eigenvalue weighted by molar-refractivity contribution is 0.0697. The summed E-state index contributed by atoms with van der Waals surface area (Å²) in [5.74, 6) is -2.04. The van der Waals surface area contributed by atoms with Crippen molar-refractivity contribution in [1.29, 1.82) is 0 Å². The van der Waals surface area contributed by atoms with Crippen LogP contribution in [0.25, 0.3) is 0 Å². The Labute approximate surface area is 123 Å². The molecule has 0 radical (unpaired) electrons. The van der Waals surface area contributed by atoms with E-state index in [1.54, 1.807) is 24.3 Å². The Morgan fingerprint density at radius 3 is 2.33 bits per heavy atom. The third kappa shape index (κ3) is 3.26. The zero-order chi connectivity index (χ0) is 15.6. The number of halogens is 1. The predicted octanol–water partition coefficient (Wildman–Crippen LogP) is 3.11. The van der Waals surface area contributed by atoms with Crippen molar-refractivity contribution in [1.82, 2.24) is 0 Å². The molecule has 0 aromatic heterocycles. The Morgan fingerprint density at radius 2 is 1.81 bits per heavy atom. The van der Waals surface area contributed by atoms with Crippen LogP contribution in [-0.4, -0.2) is 19.8 Å². The van der Waals surface area contributed by atoms with Crippen molar-refractivity contribution in [2.45, 2.75) is 6.92 Å². The van der Waals surface area contributed by atoms with Crippen LogP contribution in [0.3, 0.4) is 0 Å². The summed E-state index contributed by atoms with van der Waals surface area (Å²) in [6, 6.07) is 9.57. The highest BCUT2D eigenvalue weighted by atomic mass is 32.2. The molecule has 7 heteroatoms. The standard InChI is InChI=1S/C14H12FNO4S/c1-9-2-5-11(6-3-9)16(21(19)20)13-8-10(14(17)18)4-7-12(13)15/h2-8H,1H3,(H,17,18)(H,19,20). The summed E-state index contributed by atoms with van der Waals surface area (Å²) in [4.78, 5) is 11.0. The number of hydrogen-bond acceptors (Lipinski definition) is 2. The maximum Gasteiger partial charge on any atom is 0.335 e. The van der Waals surface area contributed by atoms with Gasteiger partial charge >= 0.3 is 5.97 Å². The van der Waals surface area contributed by atoms with Crippen LogP contribution in [-0.2, 0) is 11.3 Å². The largest absolute Gasteiger partial charge is 0.478 e. The topological polar surface area (TPSA) is 77.8 Å². The fraction of sp³-hybridized carbons (Fsp3) is 0.0714. The number of anilines is 2. The molecule has 2 aromatic carbocycles. The van der Waals surface area contributed by atoms with E-state index in [0.29, 0.717) is 0 Å². The first-order valence-electron chi connectivity index (χ1n) is 5.91. The monoisotopic (exact) mass is 309 g/mol. The van der Waals surface area contributed by atoms with Gasteiger partial charge in [-0.2, -0.15) is 0 Å². The third-order valence-corrected chi connectivity index (χ3v) is 3.56. The third-order valence-electron chi connectivity index (χ3n) is 2.84. The molecule has 5 nitrogen and oxygen atoms in total. The highest BCUT2D eigenvalue weighted by Gasteiger charge is 2.20. The maximum absolute atomic E-state index is 13.9. The molecule has 0 heterocycles. The summed E-state index contributed by atoms with van der Waals surface area (Å²) >= 11 is -2.54. The molecule has 2 N–H and O–H groups in total. The van der Waals surface area contributed by atoms with Gasteiger partial charge in [0.1, 0.15) is 5.82 Å². The van der Waals surface area contributed by atoms with E-state index >= 15 is 0 Å². The number of carboxylic acids is 1. The van der Waals surface area contributed by atoms with Crippen LogP contribution in [0.2, 0.25) is 0 Å². The van der Waals surface area contributed by atoms with Crippen molar-refractivity contribution in [3.63, 3.8) is 0 Å². The number of hydrogen-bond donors (Lipinski definition) is 2. The van der Waals surface area contributed by atoms with Gasteiger partial charge in [0.25, 0.3) is 11.3 Å². The number of benzene rings is 2. The molecular formula is C14H12FNO4S. The summed E-state index contributed by atoms with van der Waals surface area (Å²) in [5, 5.41) is 8.95. The number of aromatic carboxylic acids is 1. The van der Waals surface area contributed by atoms with Crippen molar-refractivity contribution in [3.8, 4) is 0 Å². The molecule has 0 bridgehead atoms. The lowest BCUT2D eigenvalue weighted by atomic mass is 10.1. The molecule has 0 saturated carbocycles. The fourth-order valence-corrected chi connectivity index (χ4v) is 2.41. The molecule has 0 amide bonds. The van der Waals surface area contributed by atoms with Crippen molar-refractivity contribution in [2.75, 3.05) is 4.31 Å². The van der Waals surface area contributed by atoms with Crippen molar-refractivity contribution >= 4 is 28.6 Å². The molecule has 1 unspecified atom stereocenters. The summed E-state index contributed by atoms with van der Waals surface area (Å²) in [5.41, 5.74) is 0.763. The number of aryl methyl sites for hydroxylation is 1. The Kier molecular flexibility index (Phi) is 4.35. The minimum atomic E-state index is -2.54. The van der Waals surface area contributed by atoms with E-state index in [-0.39, 0.29) is 16.9 Å². The summed E-state index contributed by atoms with van der Waals surface area (Å²) in [7, 11) is 0. The zero-order valence-electron chi connectivity index (χ0n) is 11.0. The molecule has 0 aliphatic rings. The van der Waals surface area contributed by atoms with Gasteiger partial charge in [0, 0.05) is 0 Å². The molecule has 0 fully saturated rings. The first-order chi connectivity index (χ1) is 9.90. The molecule has 110 valence electrons. The minimum Gasteiger partial charge on any atom is -0.478 e. The van der Waals surface area contributed by atoms with Crippen molar-refractivity contribution < 1.29 is 23.1 Å². The lowest BCUT2D eigenvalue weighted by Crippen LogP contribution is -2.21.